The van der Waals surface area contributed by atoms with Crippen LogP contribution in [0.2, 0.25) is 0 Å². The zero-order valence-electron chi connectivity index (χ0n) is 9.82. The first-order chi connectivity index (χ1) is 7.41. The largest absolute Gasteiger partial charge is 0.326 e. The van der Waals surface area contributed by atoms with Gasteiger partial charge in [-0.1, -0.05) is 12.1 Å². The lowest BCUT2D eigenvalue weighted by Crippen LogP contribution is -2.43. The van der Waals surface area contributed by atoms with Crippen molar-refractivity contribution in [3.05, 3.63) is 34.7 Å². The molecule has 0 bridgehead atoms. The first-order valence-electron chi connectivity index (χ1n) is 5.39. The van der Waals surface area contributed by atoms with Gasteiger partial charge in [-0.3, -0.25) is 4.57 Å². The standard InChI is InChI=1S/C12H17N3O/c1-8(12(2,3)13)15-10-7-5-4-6-9(10)14-11(15)16/h4-8H,13H2,1-3H3,(H,14,16). The van der Waals surface area contributed by atoms with Gasteiger partial charge in [-0.25, -0.2) is 4.79 Å². The van der Waals surface area contributed by atoms with Crippen molar-refractivity contribution < 1.29 is 0 Å². The number of nitrogens with zero attached hydrogens (tertiary/aromatic N) is 1. The van der Waals surface area contributed by atoms with E-state index in [0.717, 1.165) is 11.0 Å². The maximum absolute atomic E-state index is 11.9. The Hall–Kier alpha value is -1.55. The van der Waals surface area contributed by atoms with Crippen LogP contribution in [0.5, 0.6) is 0 Å². The van der Waals surface area contributed by atoms with Crippen molar-refractivity contribution in [2.24, 2.45) is 5.73 Å². The third kappa shape index (κ3) is 1.65. The second-order valence-electron chi connectivity index (χ2n) is 4.81. The molecule has 0 fully saturated rings. The molecule has 4 heteroatoms. The third-order valence-corrected chi connectivity index (χ3v) is 3.09. The van der Waals surface area contributed by atoms with Crippen LogP contribution in [0, 0.1) is 0 Å². The van der Waals surface area contributed by atoms with E-state index in [1.54, 1.807) is 4.57 Å². The fraction of sp³-hybridized carbons (Fsp3) is 0.417. The molecule has 1 heterocycles. The van der Waals surface area contributed by atoms with E-state index < -0.39 is 5.54 Å². The molecule has 1 unspecified atom stereocenters. The lowest BCUT2D eigenvalue weighted by atomic mass is 9.97. The Morgan fingerprint density at radius 2 is 2.00 bits per heavy atom. The summed E-state index contributed by atoms with van der Waals surface area (Å²) >= 11 is 0. The molecule has 3 N–H and O–H groups in total. The summed E-state index contributed by atoms with van der Waals surface area (Å²) in [7, 11) is 0. The van der Waals surface area contributed by atoms with Gasteiger partial charge in [0.2, 0.25) is 0 Å². The molecule has 0 amide bonds. The van der Waals surface area contributed by atoms with E-state index in [2.05, 4.69) is 4.98 Å². The Balaban J connectivity index is 2.69. The number of fused-ring (bicyclic) bond motifs is 1. The Morgan fingerprint density at radius 1 is 1.38 bits per heavy atom. The topological polar surface area (TPSA) is 63.8 Å². The summed E-state index contributed by atoms with van der Waals surface area (Å²) in [5.41, 5.74) is 7.27. The fourth-order valence-corrected chi connectivity index (χ4v) is 1.79. The highest BCUT2D eigenvalue weighted by Crippen LogP contribution is 2.21. The number of aromatic nitrogens is 2. The molecule has 1 atom stereocenters. The number of imidazole rings is 1. The molecule has 0 saturated heterocycles. The van der Waals surface area contributed by atoms with Crippen molar-refractivity contribution in [1.82, 2.24) is 9.55 Å². The van der Waals surface area contributed by atoms with Crippen molar-refractivity contribution in [3.63, 3.8) is 0 Å². The van der Waals surface area contributed by atoms with E-state index in [0.29, 0.717) is 0 Å². The Kier molecular flexibility index (Phi) is 2.39. The summed E-state index contributed by atoms with van der Waals surface area (Å²) < 4.78 is 1.72. The molecule has 2 aromatic rings. The molecule has 4 nitrogen and oxygen atoms in total. The van der Waals surface area contributed by atoms with E-state index in [-0.39, 0.29) is 11.7 Å². The molecule has 1 aromatic carbocycles. The van der Waals surface area contributed by atoms with Gasteiger partial charge < -0.3 is 10.7 Å². The van der Waals surface area contributed by atoms with Gasteiger partial charge in [-0.15, -0.1) is 0 Å². The average molecular weight is 219 g/mol. The van der Waals surface area contributed by atoms with Gasteiger partial charge in [-0.05, 0) is 32.9 Å². The number of aromatic amines is 1. The van der Waals surface area contributed by atoms with Crippen molar-refractivity contribution in [3.8, 4) is 0 Å². The molecular weight excluding hydrogens is 202 g/mol. The van der Waals surface area contributed by atoms with E-state index >= 15 is 0 Å². The molecule has 0 aliphatic rings. The van der Waals surface area contributed by atoms with Gasteiger partial charge in [0.15, 0.2) is 0 Å². The summed E-state index contributed by atoms with van der Waals surface area (Å²) in [6.07, 6.45) is 0. The minimum atomic E-state index is -0.436. The van der Waals surface area contributed by atoms with Gasteiger partial charge >= 0.3 is 5.69 Å². The molecular formula is C12H17N3O. The van der Waals surface area contributed by atoms with Gasteiger partial charge in [-0.2, -0.15) is 0 Å². The summed E-state index contributed by atoms with van der Waals surface area (Å²) in [4.78, 5) is 14.7. The number of para-hydroxylation sites is 2. The smallest absolute Gasteiger partial charge is 0.324 e. The Bertz CT molecular complexity index is 559. The second-order valence-corrected chi connectivity index (χ2v) is 4.81. The maximum Gasteiger partial charge on any atom is 0.326 e. The summed E-state index contributed by atoms with van der Waals surface area (Å²) in [5.74, 6) is 0. The van der Waals surface area contributed by atoms with Crippen LogP contribution in [-0.2, 0) is 0 Å². The van der Waals surface area contributed by atoms with Crippen LogP contribution < -0.4 is 11.4 Å². The normalized spacial score (nSPS) is 14.2. The predicted octanol–water partition coefficient (Wildman–Crippen LogP) is 1.63. The summed E-state index contributed by atoms with van der Waals surface area (Å²) in [5, 5.41) is 0. The highest BCUT2D eigenvalue weighted by molar-refractivity contribution is 5.75. The van der Waals surface area contributed by atoms with E-state index in [9.17, 15) is 4.79 Å². The lowest BCUT2D eigenvalue weighted by molar-refractivity contribution is 0.342. The van der Waals surface area contributed by atoms with Crippen molar-refractivity contribution in [1.29, 1.82) is 0 Å². The molecule has 16 heavy (non-hydrogen) atoms. The van der Waals surface area contributed by atoms with Gasteiger partial charge in [0.1, 0.15) is 0 Å². The van der Waals surface area contributed by atoms with Gasteiger partial charge in [0, 0.05) is 5.54 Å². The number of rotatable bonds is 2. The summed E-state index contributed by atoms with van der Waals surface area (Å²) in [6, 6.07) is 7.58. The predicted molar refractivity (Wildman–Crippen MR) is 65.5 cm³/mol. The van der Waals surface area contributed by atoms with Crippen LogP contribution in [0.15, 0.2) is 29.1 Å². The number of hydrogen-bond donors (Lipinski definition) is 2. The highest BCUT2D eigenvalue weighted by atomic mass is 16.1. The van der Waals surface area contributed by atoms with Crippen LogP contribution in [0.1, 0.15) is 26.8 Å². The SMILES string of the molecule is CC(n1c(=O)[nH]c2ccccc21)C(C)(C)N. The molecule has 0 aliphatic carbocycles. The number of hydrogen-bond acceptors (Lipinski definition) is 2. The number of nitrogens with one attached hydrogen (secondary N) is 1. The van der Waals surface area contributed by atoms with Crippen LogP contribution in [0.25, 0.3) is 11.0 Å². The molecule has 2 rings (SSSR count). The van der Waals surface area contributed by atoms with Crippen LogP contribution in [0.4, 0.5) is 0 Å². The van der Waals surface area contributed by atoms with Crippen molar-refractivity contribution in [2.45, 2.75) is 32.4 Å². The maximum atomic E-state index is 11.9. The number of benzene rings is 1. The first kappa shape index (κ1) is 11.0. The zero-order chi connectivity index (χ0) is 11.9. The summed E-state index contributed by atoms with van der Waals surface area (Å²) in [6.45, 7) is 5.81. The second kappa shape index (κ2) is 3.49. The van der Waals surface area contributed by atoms with E-state index in [1.807, 2.05) is 45.0 Å². The molecule has 1 aromatic heterocycles. The van der Waals surface area contributed by atoms with E-state index in [1.165, 1.54) is 0 Å². The number of H-pyrrole nitrogens is 1. The average Bonchev–Trinajstić information content (AvgIpc) is 2.51. The highest BCUT2D eigenvalue weighted by Gasteiger charge is 2.25. The Labute approximate surface area is 94.1 Å². The third-order valence-electron chi connectivity index (χ3n) is 3.09. The molecule has 86 valence electrons. The molecule has 0 radical (unpaired) electrons. The van der Waals surface area contributed by atoms with Gasteiger partial charge in [0.25, 0.3) is 0 Å². The first-order valence-corrected chi connectivity index (χ1v) is 5.39. The molecule has 0 aliphatic heterocycles. The minimum absolute atomic E-state index is 0.0591. The molecule has 0 saturated carbocycles. The quantitative estimate of drug-likeness (QED) is 0.806. The lowest BCUT2D eigenvalue weighted by Gasteiger charge is -2.28. The van der Waals surface area contributed by atoms with Gasteiger partial charge in [0.05, 0.1) is 17.1 Å². The molecule has 0 spiro atoms. The van der Waals surface area contributed by atoms with Crippen LogP contribution in [0.3, 0.4) is 0 Å². The van der Waals surface area contributed by atoms with Crippen molar-refractivity contribution >= 4 is 11.0 Å². The van der Waals surface area contributed by atoms with E-state index in [4.69, 9.17) is 5.73 Å². The fourth-order valence-electron chi connectivity index (χ4n) is 1.79. The van der Waals surface area contributed by atoms with Crippen LogP contribution >= 0.6 is 0 Å². The number of nitrogens with two attached hydrogens (primary N) is 1. The monoisotopic (exact) mass is 219 g/mol. The Morgan fingerprint density at radius 3 is 2.62 bits per heavy atom. The zero-order valence-corrected chi connectivity index (χ0v) is 9.82. The van der Waals surface area contributed by atoms with Crippen molar-refractivity contribution in [2.75, 3.05) is 0 Å². The minimum Gasteiger partial charge on any atom is -0.324 e. The van der Waals surface area contributed by atoms with Crippen LogP contribution in [-0.4, -0.2) is 15.1 Å².